The molecule has 3 heteroatoms. The van der Waals surface area contributed by atoms with Gasteiger partial charge in [-0.05, 0) is 36.5 Å². The summed E-state index contributed by atoms with van der Waals surface area (Å²) in [5.74, 6) is 0.524. The van der Waals surface area contributed by atoms with Crippen molar-refractivity contribution in [3.05, 3.63) is 29.6 Å². The molecule has 0 amide bonds. The van der Waals surface area contributed by atoms with Crippen LogP contribution < -0.4 is 4.74 Å². The number of methoxy groups -OCH3 is 1. The van der Waals surface area contributed by atoms with Gasteiger partial charge in [0.05, 0.1) is 12.5 Å². The third kappa shape index (κ3) is 3.67. The molecule has 0 spiro atoms. The van der Waals surface area contributed by atoms with Crippen LogP contribution in [-0.4, -0.2) is 7.11 Å². The summed E-state index contributed by atoms with van der Waals surface area (Å²) in [6, 6.07) is 4.89. The van der Waals surface area contributed by atoms with E-state index in [1.165, 1.54) is 13.2 Å². The third-order valence-corrected chi connectivity index (χ3v) is 3.01. The van der Waals surface area contributed by atoms with Crippen molar-refractivity contribution in [1.82, 2.24) is 0 Å². The highest BCUT2D eigenvalue weighted by Gasteiger charge is 2.11. The molecule has 0 fully saturated rings. The van der Waals surface area contributed by atoms with E-state index < -0.39 is 0 Å². The van der Waals surface area contributed by atoms with Gasteiger partial charge in [-0.25, -0.2) is 4.39 Å². The third-order valence-electron chi connectivity index (χ3n) is 2.54. The Bertz CT molecular complexity index is 339. The monoisotopic (exact) mass is 244 g/mol. The van der Waals surface area contributed by atoms with Gasteiger partial charge < -0.3 is 4.74 Å². The second-order valence-corrected chi connectivity index (χ2v) is 4.86. The van der Waals surface area contributed by atoms with Crippen molar-refractivity contribution < 1.29 is 9.13 Å². The Balaban J connectivity index is 2.69. The van der Waals surface area contributed by atoms with Crippen molar-refractivity contribution in [3.8, 4) is 5.75 Å². The molecule has 0 aliphatic rings. The molecule has 0 aromatic heterocycles. The summed E-state index contributed by atoms with van der Waals surface area (Å²) in [7, 11) is 1.45. The van der Waals surface area contributed by atoms with Crippen LogP contribution in [0.1, 0.15) is 37.6 Å². The van der Waals surface area contributed by atoms with Gasteiger partial charge in [-0.3, -0.25) is 0 Å². The van der Waals surface area contributed by atoms with Crippen molar-refractivity contribution >= 4 is 11.6 Å². The highest BCUT2D eigenvalue weighted by molar-refractivity contribution is 6.20. The first-order chi connectivity index (χ1) is 7.54. The van der Waals surface area contributed by atoms with E-state index in [1.54, 1.807) is 6.07 Å². The molecule has 0 saturated carbocycles. The van der Waals surface area contributed by atoms with Crippen LogP contribution in [0.3, 0.4) is 0 Å². The standard InChI is InChI=1S/C13H18ClFO/c1-9(2)4-6-11(14)10-5-7-13(16-3)12(15)8-10/h5,7-9,11H,4,6H2,1-3H3. The molecule has 0 aliphatic heterocycles. The number of ether oxygens (including phenoxy) is 1. The summed E-state index contributed by atoms with van der Waals surface area (Å²) in [6.07, 6.45) is 1.91. The predicted octanol–water partition coefficient (Wildman–Crippen LogP) is 4.55. The summed E-state index contributed by atoms with van der Waals surface area (Å²) in [5, 5.41) is -0.122. The van der Waals surface area contributed by atoms with Gasteiger partial charge in [-0.15, -0.1) is 11.6 Å². The number of hydrogen-bond donors (Lipinski definition) is 0. The van der Waals surface area contributed by atoms with Gasteiger partial charge in [0.1, 0.15) is 0 Å². The zero-order chi connectivity index (χ0) is 12.1. The Morgan fingerprint density at radius 1 is 1.31 bits per heavy atom. The van der Waals surface area contributed by atoms with E-state index in [2.05, 4.69) is 13.8 Å². The van der Waals surface area contributed by atoms with Crippen LogP contribution >= 0.6 is 11.6 Å². The van der Waals surface area contributed by atoms with Crippen molar-refractivity contribution in [2.45, 2.75) is 32.1 Å². The lowest BCUT2D eigenvalue weighted by atomic mass is 10.0. The number of rotatable bonds is 5. The number of alkyl halides is 1. The summed E-state index contributed by atoms with van der Waals surface area (Å²) < 4.78 is 18.3. The largest absolute Gasteiger partial charge is 0.494 e. The molecule has 0 N–H and O–H groups in total. The summed E-state index contributed by atoms with van der Waals surface area (Å²) in [6.45, 7) is 4.30. The Kier molecular flexibility index (Phi) is 5.07. The fourth-order valence-corrected chi connectivity index (χ4v) is 1.79. The zero-order valence-electron chi connectivity index (χ0n) is 9.97. The van der Waals surface area contributed by atoms with E-state index in [9.17, 15) is 4.39 Å². The highest BCUT2D eigenvalue weighted by atomic mass is 35.5. The van der Waals surface area contributed by atoms with Crippen LogP contribution in [0.5, 0.6) is 5.75 Å². The molecule has 1 aromatic carbocycles. The quantitative estimate of drug-likeness (QED) is 0.691. The van der Waals surface area contributed by atoms with Gasteiger partial charge in [0, 0.05) is 0 Å². The second-order valence-electron chi connectivity index (χ2n) is 4.33. The Morgan fingerprint density at radius 3 is 2.50 bits per heavy atom. The minimum atomic E-state index is -0.352. The minimum absolute atomic E-state index is 0.122. The Morgan fingerprint density at radius 2 is 2.00 bits per heavy atom. The molecular formula is C13H18ClFO. The van der Waals surface area contributed by atoms with Crippen molar-refractivity contribution in [1.29, 1.82) is 0 Å². The second kappa shape index (κ2) is 6.09. The number of halogens is 2. The van der Waals surface area contributed by atoms with Gasteiger partial charge in [-0.2, -0.15) is 0 Å². The maximum absolute atomic E-state index is 13.4. The topological polar surface area (TPSA) is 9.23 Å². The predicted molar refractivity (Wildman–Crippen MR) is 65.6 cm³/mol. The first-order valence-electron chi connectivity index (χ1n) is 5.52. The number of benzene rings is 1. The van der Waals surface area contributed by atoms with Gasteiger partial charge in [0.15, 0.2) is 11.6 Å². The molecule has 0 aliphatic carbocycles. The molecule has 0 radical (unpaired) electrons. The van der Waals surface area contributed by atoms with E-state index in [4.69, 9.17) is 16.3 Å². The lowest BCUT2D eigenvalue weighted by Gasteiger charge is -2.12. The fourth-order valence-electron chi connectivity index (χ4n) is 1.52. The maximum atomic E-state index is 13.4. The lowest BCUT2D eigenvalue weighted by Crippen LogP contribution is -1.96. The molecule has 1 unspecified atom stereocenters. The normalized spacial score (nSPS) is 12.9. The first kappa shape index (κ1) is 13.3. The van der Waals surface area contributed by atoms with Crippen LogP contribution in [0, 0.1) is 11.7 Å². The summed E-state index contributed by atoms with van der Waals surface area (Å²) >= 11 is 6.21. The molecule has 16 heavy (non-hydrogen) atoms. The van der Waals surface area contributed by atoms with Crippen LogP contribution in [0.2, 0.25) is 0 Å². The van der Waals surface area contributed by atoms with E-state index in [1.807, 2.05) is 6.07 Å². The molecule has 0 saturated heterocycles. The molecular weight excluding hydrogens is 227 g/mol. The fraction of sp³-hybridized carbons (Fsp3) is 0.538. The van der Waals surface area contributed by atoms with Crippen molar-refractivity contribution in [3.63, 3.8) is 0 Å². The van der Waals surface area contributed by atoms with E-state index >= 15 is 0 Å². The molecule has 0 bridgehead atoms. The smallest absolute Gasteiger partial charge is 0.165 e. The summed E-state index contributed by atoms with van der Waals surface area (Å²) in [4.78, 5) is 0. The maximum Gasteiger partial charge on any atom is 0.165 e. The minimum Gasteiger partial charge on any atom is -0.494 e. The average Bonchev–Trinajstić information content (AvgIpc) is 2.25. The molecule has 1 rings (SSSR count). The Hall–Kier alpha value is -0.760. The van der Waals surface area contributed by atoms with Gasteiger partial charge >= 0.3 is 0 Å². The van der Waals surface area contributed by atoms with Gasteiger partial charge in [0.25, 0.3) is 0 Å². The molecule has 1 aromatic rings. The van der Waals surface area contributed by atoms with Crippen molar-refractivity contribution in [2.24, 2.45) is 5.92 Å². The Labute approximate surface area is 102 Å². The lowest BCUT2D eigenvalue weighted by molar-refractivity contribution is 0.386. The zero-order valence-corrected chi connectivity index (χ0v) is 10.7. The molecule has 1 atom stereocenters. The van der Waals surface area contributed by atoms with Gasteiger partial charge in [-0.1, -0.05) is 19.9 Å². The van der Waals surface area contributed by atoms with Crippen molar-refractivity contribution in [2.75, 3.05) is 7.11 Å². The van der Waals surface area contributed by atoms with E-state index in [0.29, 0.717) is 5.92 Å². The number of hydrogen-bond acceptors (Lipinski definition) is 1. The highest BCUT2D eigenvalue weighted by Crippen LogP contribution is 2.30. The van der Waals surface area contributed by atoms with Crippen LogP contribution in [0.15, 0.2) is 18.2 Å². The van der Waals surface area contributed by atoms with Crippen LogP contribution in [0.25, 0.3) is 0 Å². The van der Waals surface area contributed by atoms with Gasteiger partial charge in [0.2, 0.25) is 0 Å². The van der Waals surface area contributed by atoms with E-state index in [0.717, 1.165) is 18.4 Å². The van der Waals surface area contributed by atoms with Crippen LogP contribution in [-0.2, 0) is 0 Å². The first-order valence-corrected chi connectivity index (χ1v) is 5.95. The van der Waals surface area contributed by atoms with Crippen LogP contribution in [0.4, 0.5) is 4.39 Å². The molecule has 90 valence electrons. The average molecular weight is 245 g/mol. The molecule has 1 nitrogen and oxygen atoms in total. The SMILES string of the molecule is COc1ccc(C(Cl)CCC(C)C)cc1F. The van der Waals surface area contributed by atoms with E-state index in [-0.39, 0.29) is 16.9 Å². The summed E-state index contributed by atoms with van der Waals surface area (Å²) in [5.41, 5.74) is 0.820. The molecule has 0 heterocycles.